The largest absolute Gasteiger partial charge is 0.493 e. The number of hydrogen-bond acceptors (Lipinski definition) is 4. The molecule has 4 nitrogen and oxygen atoms in total. The number of methoxy groups -OCH3 is 1. The van der Waals surface area contributed by atoms with Crippen LogP contribution in [0, 0.1) is 0 Å². The summed E-state index contributed by atoms with van der Waals surface area (Å²) in [6.07, 6.45) is 3.25. The average Bonchev–Trinajstić information content (AvgIpc) is 3.04. The Balaban J connectivity index is 1.88. The lowest BCUT2D eigenvalue weighted by Crippen LogP contribution is -2.18. The molecule has 1 aliphatic carbocycles. The molecule has 1 heterocycles. The molecule has 2 fully saturated rings. The fraction of sp³-hybridized carbons (Fsp3) is 0.562. The SMILES string of the molecule is COc1c(OC2CCSC2)cccc1C1(CC(=O)O)CC1. The van der Waals surface area contributed by atoms with E-state index in [-0.39, 0.29) is 17.9 Å². The van der Waals surface area contributed by atoms with Gasteiger partial charge in [0, 0.05) is 16.7 Å². The normalized spacial score (nSPS) is 22.8. The van der Waals surface area contributed by atoms with Crippen LogP contribution in [0.15, 0.2) is 18.2 Å². The molecule has 1 aliphatic heterocycles. The molecule has 5 heteroatoms. The number of hydrogen-bond donors (Lipinski definition) is 1. The van der Waals surface area contributed by atoms with Crippen molar-refractivity contribution < 1.29 is 19.4 Å². The highest BCUT2D eigenvalue weighted by Gasteiger charge is 2.48. The van der Waals surface area contributed by atoms with Crippen LogP contribution in [0.2, 0.25) is 0 Å². The van der Waals surface area contributed by atoms with E-state index >= 15 is 0 Å². The van der Waals surface area contributed by atoms with Crippen LogP contribution in [-0.4, -0.2) is 35.8 Å². The lowest BCUT2D eigenvalue weighted by atomic mass is 9.91. The van der Waals surface area contributed by atoms with Crippen LogP contribution in [0.25, 0.3) is 0 Å². The smallest absolute Gasteiger partial charge is 0.304 e. The number of ether oxygens (including phenoxy) is 2. The molecule has 1 saturated heterocycles. The number of carboxylic acid groups (broad SMARTS) is 1. The summed E-state index contributed by atoms with van der Waals surface area (Å²) < 4.78 is 11.6. The number of aliphatic carboxylic acids is 1. The Hall–Kier alpha value is -1.36. The van der Waals surface area contributed by atoms with Crippen molar-refractivity contribution in [1.82, 2.24) is 0 Å². The molecule has 1 aromatic rings. The van der Waals surface area contributed by atoms with Gasteiger partial charge in [-0.05, 0) is 31.1 Å². The van der Waals surface area contributed by atoms with Gasteiger partial charge in [0.25, 0.3) is 0 Å². The third-order valence-electron chi connectivity index (χ3n) is 4.28. The molecule has 114 valence electrons. The maximum atomic E-state index is 11.1. The predicted octanol–water partition coefficient (Wildman–Crippen LogP) is 3.09. The molecule has 3 rings (SSSR count). The summed E-state index contributed by atoms with van der Waals surface area (Å²) in [4.78, 5) is 11.1. The summed E-state index contributed by atoms with van der Waals surface area (Å²) in [6.45, 7) is 0. The zero-order chi connectivity index (χ0) is 14.9. The first-order valence-corrected chi connectivity index (χ1v) is 8.44. The van der Waals surface area contributed by atoms with Crippen molar-refractivity contribution in [3.63, 3.8) is 0 Å². The molecule has 1 saturated carbocycles. The van der Waals surface area contributed by atoms with E-state index in [9.17, 15) is 4.79 Å². The van der Waals surface area contributed by atoms with Crippen LogP contribution >= 0.6 is 11.8 Å². The van der Waals surface area contributed by atoms with Gasteiger partial charge in [0.15, 0.2) is 11.5 Å². The fourth-order valence-corrected chi connectivity index (χ4v) is 4.10. The van der Waals surface area contributed by atoms with Crippen LogP contribution in [0.4, 0.5) is 0 Å². The number of carboxylic acids is 1. The molecule has 0 amide bonds. The number of thioether (sulfide) groups is 1. The van der Waals surface area contributed by atoms with Gasteiger partial charge in [0.1, 0.15) is 6.10 Å². The Morgan fingerprint density at radius 3 is 2.86 bits per heavy atom. The number of carbonyl (C=O) groups is 1. The van der Waals surface area contributed by atoms with E-state index in [1.54, 1.807) is 7.11 Å². The third-order valence-corrected chi connectivity index (χ3v) is 5.41. The molecule has 1 unspecified atom stereocenters. The monoisotopic (exact) mass is 308 g/mol. The summed E-state index contributed by atoms with van der Waals surface area (Å²) >= 11 is 1.90. The van der Waals surface area contributed by atoms with Gasteiger partial charge in [-0.25, -0.2) is 0 Å². The minimum Gasteiger partial charge on any atom is -0.493 e. The second-order valence-corrected chi connectivity index (χ2v) is 6.94. The third kappa shape index (κ3) is 2.98. The average molecular weight is 308 g/mol. The molecule has 0 radical (unpaired) electrons. The molecule has 0 spiro atoms. The second kappa shape index (κ2) is 5.79. The molecule has 0 bridgehead atoms. The minimum absolute atomic E-state index is 0.159. The summed E-state index contributed by atoms with van der Waals surface area (Å²) in [5.74, 6) is 2.85. The van der Waals surface area contributed by atoms with E-state index in [0.29, 0.717) is 5.75 Å². The Bertz CT molecular complexity index is 533. The Morgan fingerprint density at radius 1 is 1.48 bits per heavy atom. The van der Waals surface area contributed by atoms with Gasteiger partial charge in [-0.1, -0.05) is 12.1 Å². The van der Waals surface area contributed by atoms with E-state index in [4.69, 9.17) is 14.6 Å². The van der Waals surface area contributed by atoms with E-state index in [1.165, 1.54) is 0 Å². The van der Waals surface area contributed by atoms with Crippen LogP contribution in [0.5, 0.6) is 11.5 Å². The second-order valence-electron chi connectivity index (χ2n) is 5.79. The molecule has 1 aromatic carbocycles. The maximum absolute atomic E-state index is 11.1. The Morgan fingerprint density at radius 2 is 2.29 bits per heavy atom. The van der Waals surface area contributed by atoms with Crippen LogP contribution in [0.3, 0.4) is 0 Å². The first-order valence-electron chi connectivity index (χ1n) is 7.28. The van der Waals surface area contributed by atoms with Crippen molar-refractivity contribution >= 4 is 17.7 Å². The summed E-state index contributed by atoms with van der Waals surface area (Å²) in [5, 5.41) is 9.14. The highest BCUT2D eigenvalue weighted by Crippen LogP contribution is 2.55. The van der Waals surface area contributed by atoms with Gasteiger partial charge >= 0.3 is 5.97 Å². The summed E-state index contributed by atoms with van der Waals surface area (Å²) in [7, 11) is 1.63. The van der Waals surface area contributed by atoms with Crippen molar-refractivity contribution in [2.45, 2.75) is 37.2 Å². The summed E-state index contributed by atoms with van der Waals surface area (Å²) in [6, 6.07) is 5.84. The van der Waals surface area contributed by atoms with Crippen molar-refractivity contribution in [3.8, 4) is 11.5 Å². The predicted molar refractivity (Wildman–Crippen MR) is 82.5 cm³/mol. The Kier molecular flexibility index (Phi) is 4.02. The number of benzene rings is 1. The molecule has 1 N–H and O–H groups in total. The molecule has 21 heavy (non-hydrogen) atoms. The molecule has 2 aliphatic rings. The van der Waals surface area contributed by atoms with Gasteiger partial charge in [0.2, 0.25) is 0 Å². The molecular weight excluding hydrogens is 288 g/mol. The fourth-order valence-electron chi connectivity index (χ4n) is 3.00. The maximum Gasteiger partial charge on any atom is 0.304 e. The molecule has 0 aromatic heterocycles. The van der Waals surface area contributed by atoms with E-state index < -0.39 is 5.97 Å². The molecular formula is C16H20O4S. The van der Waals surface area contributed by atoms with E-state index in [1.807, 2.05) is 30.0 Å². The minimum atomic E-state index is -0.756. The van der Waals surface area contributed by atoms with Crippen molar-refractivity contribution in [2.24, 2.45) is 0 Å². The van der Waals surface area contributed by atoms with Crippen molar-refractivity contribution in [1.29, 1.82) is 0 Å². The van der Waals surface area contributed by atoms with E-state index in [2.05, 4.69) is 0 Å². The van der Waals surface area contributed by atoms with Crippen molar-refractivity contribution in [3.05, 3.63) is 23.8 Å². The van der Waals surface area contributed by atoms with Gasteiger partial charge < -0.3 is 14.6 Å². The van der Waals surface area contributed by atoms with Gasteiger partial charge in [0.05, 0.1) is 13.5 Å². The quantitative estimate of drug-likeness (QED) is 0.875. The zero-order valence-corrected chi connectivity index (χ0v) is 12.9. The van der Waals surface area contributed by atoms with Crippen molar-refractivity contribution in [2.75, 3.05) is 18.6 Å². The number of rotatable bonds is 6. The highest BCUT2D eigenvalue weighted by atomic mass is 32.2. The standard InChI is InChI=1S/C16H20O4S/c1-19-15-12(16(6-7-16)9-14(17)18)3-2-4-13(15)20-11-5-8-21-10-11/h2-4,11H,5-10H2,1H3,(H,17,18). The van der Waals surface area contributed by atoms with E-state index in [0.717, 1.165) is 42.1 Å². The first-order chi connectivity index (χ1) is 10.1. The number of para-hydroxylation sites is 1. The lowest BCUT2D eigenvalue weighted by molar-refractivity contribution is -0.137. The van der Waals surface area contributed by atoms with Crippen LogP contribution in [0.1, 0.15) is 31.2 Å². The first kappa shape index (κ1) is 14.6. The highest BCUT2D eigenvalue weighted by molar-refractivity contribution is 7.99. The van der Waals surface area contributed by atoms with Gasteiger partial charge in [-0.15, -0.1) is 0 Å². The van der Waals surface area contributed by atoms with Crippen LogP contribution < -0.4 is 9.47 Å². The van der Waals surface area contributed by atoms with Gasteiger partial charge in [-0.3, -0.25) is 4.79 Å². The Labute approximate surface area is 128 Å². The zero-order valence-electron chi connectivity index (χ0n) is 12.1. The molecule has 1 atom stereocenters. The van der Waals surface area contributed by atoms with Gasteiger partial charge in [-0.2, -0.15) is 11.8 Å². The lowest BCUT2D eigenvalue weighted by Gasteiger charge is -2.21. The topological polar surface area (TPSA) is 55.8 Å². The van der Waals surface area contributed by atoms with Crippen LogP contribution in [-0.2, 0) is 10.2 Å². The summed E-state index contributed by atoms with van der Waals surface area (Å²) in [5.41, 5.74) is 0.719.